The minimum absolute atomic E-state index is 0.0443. The van der Waals surface area contributed by atoms with Crippen molar-refractivity contribution in [3.8, 4) is 0 Å². The molecule has 6 heteroatoms. The Morgan fingerprint density at radius 3 is 2.52 bits per heavy atom. The van der Waals surface area contributed by atoms with Gasteiger partial charge < -0.3 is 4.90 Å². The zero-order valence-electron chi connectivity index (χ0n) is 16.1. The Kier molecular flexibility index (Phi) is 6.88. The highest BCUT2D eigenvalue weighted by atomic mass is 35.5. The number of hydrogen-bond donors (Lipinski definition) is 0. The van der Waals surface area contributed by atoms with Crippen LogP contribution in [0.4, 0.5) is 4.39 Å². The van der Waals surface area contributed by atoms with Crippen molar-refractivity contribution in [3.05, 3.63) is 99.5 Å². The largest absolute Gasteiger partial charge is 0.327 e. The van der Waals surface area contributed by atoms with Gasteiger partial charge in [-0.15, -0.1) is 0 Å². The molecule has 1 amide bonds. The Bertz CT molecular complexity index is 995. The molecule has 0 fully saturated rings. The number of aromatic nitrogens is 1. The van der Waals surface area contributed by atoms with Crippen LogP contribution in [-0.4, -0.2) is 15.8 Å². The van der Waals surface area contributed by atoms with Crippen LogP contribution in [0, 0.1) is 11.7 Å². The van der Waals surface area contributed by atoms with Gasteiger partial charge in [-0.25, -0.2) is 4.39 Å². The minimum Gasteiger partial charge on any atom is -0.327 e. The number of benzene rings is 2. The first kappa shape index (κ1) is 21.3. The van der Waals surface area contributed by atoms with Crippen LogP contribution in [0.5, 0.6) is 0 Å². The van der Waals surface area contributed by atoms with Gasteiger partial charge in [-0.1, -0.05) is 55.2 Å². The normalized spacial score (nSPS) is 12.1. The van der Waals surface area contributed by atoms with Crippen LogP contribution in [0.25, 0.3) is 0 Å². The summed E-state index contributed by atoms with van der Waals surface area (Å²) in [4.78, 5) is 19.3. The number of carbonyl (C=O) groups is 1. The van der Waals surface area contributed by atoms with E-state index in [0.29, 0.717) is 16.6 Å². The maximum atomic E-state index is 13.8. The van der Waals surface area contributed by atoms with E-state index in [1.807, 2.05) is 32.0 Å². The first-order valence-electron chi connectivity index (χ1n) is 9.27. The number of carbonyl (C=O) groups excluding carboxylic acids is 1. The van der Waals surface area contributed by atoms with E-state index in [0.717, 1.165) is 11.1 Å². The van der Waals surface area contributed by atoms with Crippen molar-refractivity contribution in [2.75, 3.05) is 0 Å². The van der Waals surface area contributed by atoms with Gasteiger partial charge in [-0.05, 0) is 53.4 Å². The Labute approximate surface area is 180 Å². The number of rotatable bonds is 6. The predicted molar refractivity (Wildman–Crippen MR) is 115 cm³/mol. The fourth-order valence-corrected chi connectivity index (χ4v) is 3.92. The molecule has 0 saturated heterocycles. The van der Waals surface area contributed by atoms with Crippen LogP contribution >= 0.6 is 23.2 Å². The zero-order valence-corrected chi connectivity index (χ0v) is 17.7. The molecule has 29 heavy (non-hydrogen) atoms. The highest BCUT2D eigenvalue weighted by Gasteiger charge is 2.30. The Morgan fingerprint density at radius 1 is 1.10 bits per heavy atom. The fourth-order valence-electron chi connectivity index (χ4n) is 3.40. The molecule has 1 heterocycles. The lowest BCUT2D eigenvalue weighted by atomic mass is 9.93. The lowest BCUT2D eigenvalue weighted by Gasteiger charge is -2.35. The van der Waals surface area contributed by atoms with Crippen molar-refractivity contribution in [2.45, 2.75) is 26.4 Å². The van der Waals surface area contributed by atoms with Crippen molar-refractivity contribution >= 4 is 29.1 Å². The van der Waals surface area contributed by atoms with Crippen LogP contribution < -0.4 is 0 Å². The highest BCUT2D eigenvalue weighted by molar-refractivity contribution is 6.35. The lowest BCUT2D eigenvalue weighted by Crippen LogP contribution is -2.37. The van der Waals surface area contributed by atoms with Crippen molar-refractivity contribution in [2.24, 2.45) is 5.92 Å². The summed E-state index contributed by atoms with van der Waals surface area (Å²) in [7, 11) is 0. The number of halogens is 3. The Morgan fingerprint density at radius 2 is 1.90 bits per heavy atom. The van der Waals surface area contributed by atoms with E-state index >= 15 is 0 Å². The molecule has 1 atom stereocenters. The third-order valence-electron chi connectivity index (χ3n) is 4.66. The molecule has 0 spiro atoms. The van der Waals surface area contributed by atoms with Crippen LogP contribution in [0.1, 0.15) is 41.4 Å². The average Bonchev–Trinajstić information content (AvgIpc) is 2.69. The van der Waals surface area contributed by atoms with E-state index in [4.69, 9.17) is 23.2 Å². The Hall–Kier alpha value is -2.43. The standard InChI is InChI=1S/C23H21Cl2FN2O/c1-15(2)22(20-9-8-18(24)12-21(20)25)28(14-16-5-4-10-27-13-16)23(29)17-6-3-7-19(26)11-17/h3-13,15,22H,14H2,1-2H3/t22-/m1/s1. The first-order chi connectivity index (χ1) is 13.9. The van der Waals surface area contributed by atoms with Gasteiger partial charge in [0.2, 0.25) is 0 Å². The molecule has 0 aliphatic carbocycles. The summed E-state index contributed by atoms with van der Waals surface area (Å²) in [6.45, 7) is 4.35. The first-order valence-corrected chi connectivity index (χ1v) is 10.0. The van der Waals surface area contributed by atoms with Gasteiger partial charge in [0.25, 0.3) is 5.91 Å². The van der Waals surface area contributed by atoms with E-state index in [1.165, 1.54) is 18.2 Å². The van der Waals surface area contributed by atoms with Crippen LogP contribution in [0.3, 0.4) is 0 Å². The van der Waals surface area contributed by atoms with E-state index in [2.05, 4.69) is 4.98 Å². The molecule has 0 saturated carbocycles. The second-order valence-corrected chi connectivity index (χ2v) is 8.00. The van der Waals surface area contributed by atoms with Gasteiger partial charge in [-0.2, -0.15) is 0 Å². The topological polar surface area (TPSA) is 33.2 Å². The van der Waals surface area contributed by atoms with E-state index in [1.54, 1.807) is 35.5 Å². The summed E-state index contributed by atoms with van der Waals surface area (Å²) in [6.07, 6.45) is 3.39. The summed E-state index contributed by atoms with van der Waals surface area (Å²) >= 11 is 12.6. The van der Waals surface area contributed by atoms with E-state index < -0.39 is 5.82 Å². The number of amides is 1. The molecule has 1 aromatic heterocycles. The van der Waals surface area contributed by atoms with E-state index in [9.17, 15) is 9.18 Å². The average molecular weight is 431 g/mol. The summed E-state index contributed by atoms with van der Waals surface area (Å²) < 4.78 is 13.8. The van der Waals surface area contributed by atoms with Crippen LogP contribution in [-0.2, 0) is 6.54 Å². The summed E-state index contributed by atoms with van der Waals surface area (Å²) in [5, 5.41) is 1.01. The van der Waals surface area contributed by atoms with Crippen LogP contribution in [0.15, 0.2) is 67.0 Å². The van der Waals surface area contributed by atoms with Gasteiger partial charge in [0.1, 0.15) is 5.82 Å². The van der Waals surface area contributed by atoms with Crippen molar-refractivity contribution in [1.82, 2.24) is 9.88 Å². The minimum atomic E-state index is -0.456. The second-order valence-electron chi connectivity index (χ2n) is 7.16. The van der Waals surface area contributed by atoms with Gasteiger partial charge in [-0.3, -0.25) is 9.78 Å². The molecule has 0 N–H and O–H groups in total. The maximum Gasteiger partial charge on any atom is 0.254 e. The van der Waals surface area contributed by atoms with Gasteiger partial charge >= 0.3 is 0 Å². The van der Waals surface area contributed by atoms with Crippen LogP contribution in [0.2, 0.25) is 10.0 Å². The van der Waals surface area contributed by atoms with Crippen molar-refractivity contribution < 1.29 is 9.18 Å². The second kappa shape index (κ2) is 9.38. The quantitative estimate of drug-likeness (QED) is 0.443. The summed E-state index contributed by atoms with van der Waals surface area (Å²) in [5.41, 5.74) is 1.94. The molecule has 2 aromatic carbocycles. The van der Waals surface area contributed by atoms with E-state index in [-0.39, 0.29) is 23.4 Å². The molecule has 0 bridgehead atoms. The molecule has 3 nitrogen and oxygen atoms in total. The highest BCUT2D eigenvalue weighted by Crippen LogP contribution is 2.36. The lowest BCUT2D eigenvalue weighted by molar-refractivity contribution is 0.0601. The summed E-state index contributed by atoms with van der Waals surface area (Å²) in [6, 6.07) is 14.4. The van der Waals surface area contributed by atoms with Crippen molar-refractivity contribution in [3.63, 3.8) is 0 Å². The molecular formula is C23H21Cl2FN2O. The molecule has 150 valence electrons. The summed E-state index contributed by atoms with van der Waals surface area (Å²) in [5.74, 6) is -0.691. The van der Waals surface area contributed by atoms with Crippen molar-refractivity contribution in [1.29, 1.82) is 0 Å². The number of nitrogens with zero attached hydrogens (tertiary/aromatic N) is 2. The Balaban J connectivity index is 2.09. The van der Waals surface area contributed by atoms with Gasteiger partial charge in [0.15, 0.2) is 0 Å². The predicted octanol–water partition coefficient (Wildman–Crippen LogP) is 6.57. The van der Waals surface area contributed by atoms with Gasteiger partial charge in [0, 0.05) is 34.5 Å². The smallest absolute Gasteiger partial charge is 0.254 e. The number of hydrogen-bond acceptors (Lipinski definition) is 2. The molecule has 0 radical (unpaired) electrons. The molecule has 0 aliphatic rings. The molecular weight excluding hydrogens is 410 g/mol. The SMILES string of the molecule is CC(C)[C@H](c1ccc(Cl)cc1Cl)N(Cc1cccnc1)C(=O)c1cccc(F)c1. The zero-order chi connectivity index (χ0) is 21.0. The fraction of sp³-hybridized carbons (Fsp3) is 0.217. The number of pyridine rings is 1. The third kappa shape index (κ3) is 5.14. The molecule has 3 aromatic rings. The maximum absolute atomic E-state index is 13.8. The molecule has 3 rings (SSSR count). The van der Waals surface area contributed by atoms with Gasteiger partial charge in [0.05, 0.1) is 6.04 Å². The molecule has 0 aliphatic heterocycles. The monoisotopic (exact) mass is 430 g/mol. The third-order valence-corrected chi connectivity index (χ3v) is 5.22. The molecule has 0 unspecified atom stereocenters.